The Morgan fingerprint density at radius 2 is 1.70 bits per heavy atom. The zero-order valence-corrected chi connectivity index (χ0v) is 17.7. The van der Waals surface area contributed by atoms with Crippen LogP contribution in [0.1, 0.15) is 63.9 Å². The number of benzene rings is 1. The number of esters is 1. The first-order valence-corrected chi connectivity index (χ1v) is 10.8. The van der Waals surface area contributed by atoms with Crippen LogP contribution < -0.4 is 5.32 Å². The first-order valence-electron chi connectivity index (χ1n) is 10.8. The molecule has 3 rings (SSSR count). The first kappa shape index (κ1) is 22.0. The zero-order valence-electron chi connectivity index (χ0n) is 17.7. The van der Waals surface area contributed by atoms with E-state index in [1.54, 1.807) is 0 Å². The molecular weight excluding hydrogens is 384 g/mol. The molecule has 0 aromatic heterocycles. The number of ether oxygens (including phenoxy) is 1. The molecule has 1 aromatic carbocycles. The van der Waals surface area contributed by atoms with Gasteiger partial charge in [-0.05, 0) is 42.9 Å². The second-order valence-electron chi connectivity index (χ2n) is 8.22. The lowest BCUT2D eigenvalue weighted by molar-refractivity contribution is -0.148. The van der Waals surface area contributed by atoms with Gasteiger partial charge in [-0.3, -0.25) is 24.1 Å². The van der Waals surface area contributed by atoms with E-state index in [1.165, 1.54) is 10.5 Å². The van der Waals surface area contributed by atoms with Crippen LogP contribution in [-0.4, -0.2) is 41.7 Å². The number of imide groups is 1. The summed E-state index contributed by atoms with van der Waals surface area (Å²) in [4.78, 5) is 50.0. The third-order valence-electron chi connectivity index (χ3n) is 6.21. The number of nitrogens with one attached hydrogen (secondary N) is 1. The van der Waals surface area contributed by atoms with Crippen molar-refractivity contribution in [1.29, 1.82) is 0 Å². The number of carbonyl (C=O) groups excluding carboxylic acids is 4. The number of anilines is 1. The molecule has 0 unspecified atom stereocenters. The van der Waals surface area contributed by atoms with Crippen molar-refractivity contribution in [3.63, 3.8) is 0 Å². The van der Waals surface area contributed by atoms with E-state index in [1.807, 2.05) is 24.3 Å². The van der Waals surface area contributed by atoms with Gasteiger partial charge in [-0.25, -0.2) is 0 Å². The molecule has 2 aliphatic rings. The summed E-state index contributed by atoms with van der Waals surface area (Å²) in [6, 6.07) is 7.59. The van der Waals surface area contributed by atoms with E-state index in [0.29, 0.717) is 11.6 Å². The van der Waals surface area contributed by atoms with Crippen molar-refractivity contribution in [2.24, 2.45) is 11.8 Å². The van der Waals surface area contributed by atoms with Gasteiger partial charge in [0.15, 0.2) is 6.61 Å². The van der Waals surface area contributed by atoms with Gasteiger partial charge in [0, 0.05) is 12.2 Å². The van der Waals surface area contributed by atoms with E-state index in [-0.39, 0.29) is 36.6 Å². The highest BCUT2D eigenvalue weighted by Crippen LogP contribution is 2.37. The highest BCUT2D eigenvalue weighted by atomic mass is 16.5. The number of nitrogens with zero attached hydrogens (tertiary/aromatic N) is 1. The van der Waals surface area contributed by atoms with Gasteiger partial charge in [0.25, 0.3) is 5.91 Å². The second-order valence-corrected chi connectivity index (χ2v) is 8.22. The molecule has 0 spiro atoms. The van der Waals surface area contributed by atoms with Crippen LogP contribution in [0, 0.1) is 11.8 Å². The molecule has 162 valence electrons. The van der Waals surface area contributed by atoms with E-state index in [0.717, 1.165) is 32.1 Å². The van der Waals surface area contributed by atoms with E-state index >= 15 is 0 Å². The van der Waals surface area contributed by atoms with Crippen LogP contribution in [0.15, 0.2) is 24.3 Å². The van der Waals surface area contributed by atoms with Gasteiger partial charge in [-0.1, -0.05) is 38.8 Å². The number of hydrogen-bond acceptors (Lipinski definition) is 5. The molecule has 3 atom stereocenters. The van der Waals surface area contributed by atoms with E-state index in [2.05, 4.69) is 19.2 Å². The monoisotopic (exact) mass is 414 g/mol. The highest BCUT2D eigenvalue weighted by molar-refractivity contribution is 6.05. The average molecular weight is 415 g/mol. The number of amides is 3. The lowest BCUT2D eigenvalue weighted by Crippen LogP contribution is -2.33. The van der Waals surface area contributed by atoms with Crippen molar-refractivity contribution in [3.8, 4) is 0 Å². The van der Waals surface area contributed by atoms with Crippen LogP contribution in [0.2, 0.25) is 0 Å². The van der Waals surface area contributed by atoms with Gasteiger partial charge in [0.2, 0.25) is 11.8 Å². The Hall–Kier alpha value is -2.70. The minimum atomic E-state index is -0.604. The molecule has 1 N–H and O–H groups in total. The smallest absolute Gasteiger partial charge is 0.308 e. The zero-order chi connectivity index (χ0) is 21.7. The molecule has 0 radical (unpaired) electrons. The second kappa shape index (κ2) is 9.87. The Morgan fingerprint density at radius 1 is 1.10 bits per heavy atom. The topological polar surface area (TPSA) is 92.8 Å². The van der Waals surface area contributed by atoms with Gasteiger partial charge < -0.3 is 10.1 Å². The molecule has 1 aliphatic heterocycles. The standard InChI is InChI=1S/C23H30N2O5/c1-3-15(2)16-8-10-17(11-9-16)24-20(26)14-30-21(27)12-13-25-22(28)18-6-4-5-7-19(18)23(25)29/h8-11,15,18-19H,3-7,12-14H2,1-2H3,(H,24,26)/t15-,18-,19+/m0/s1. The molecule has 1 saturated carbocycles. The van der Waals surface area contributed by atoms with Crippen molar-refractivity contribution in [1.82, 2.24) is 4.90 Å². The highest BCUT2D eigenvalue weighted by Gasteiger charge is 2.47. The summed E-state index contributed by atoms with van der Waals surface area (Å²) in [6.45, 7) is 3.88. The number of carbonyl (C=O) groups is 4. The van der Waals surface area contributed by atoms with Crippen molar-refractivity contribution in [2.45, 2.75) is 58.3 Å². The predicted octanol–water partition coefficient (Wildman–Crippen LogP) is 3.25. The quantitative estimate of drug-likeness (QED) is 0.521. The Balaban J connectivity index is 1.40. The van der Waals surface area contributed by atoms with Crippen molar-refractivity contribution >= 4 is 29.4 Å². The number of fused-ring (bicyclic) bond motifs is 1. The fraction of sp³-hybridized carbons (Fsp3) is 0.565. The average Bonchev–Trinajstić information content (AvgIpc) is 3.01. The first-order chi connectivity index (χ1) is 14.4. The van der Waals surface area contributed by atoms with Gasteiger partial charge in [0.1, 0.15) is 0 Å². The van der Waals surface area contributed by atoms with Gasteiger partial charge in [-0.2, -0.15) is 0 Å². The molecular formula is C23H30N2O5. The van der Waals surface area contributed by atoms with Gasteiger partial charge >= 0.3 is 5.97 Å². The minimum absolute atomic E-state index is 0.0161. The van der Waals surface area contributed by atoms with Crippen LogP contribution in [0.4, 0.5) is 5.69 Å². The fourth-order valence-corrected chi connectivity index (χ4v) is 4.20. The van der Waals surface area contributed by atoms with Crippen molar-refractivity contribution in [2.75, 3.05) is 18.5 Å². The summed E-state index contributed by atoms with van der Waals surface area (Å²) in [6.07, 6.45) is 4.35. The molecule has 30 heavy (non-hydrogen) atoms. The Labute approximate surface area is 177 Å². The molecule has 3 amide bonds. The summed E-state index contributed by atoms with van der Waals surface area (Å²) >= 11 is 0. The van der Waals surface area contributed by atoms with E-state index in [9.17, 15) is 19.2 Å². The molecule has 0 bridgehead atoms. The lowest BCUT2D eigenvalue weighted by Gasteiger charge is -2.19. The molecule has 7 nitrogen and oxygen atoms in total. The predicted molar refractivity (Wildman–Crippen MR) is 112 cm³/mol. The molecule has 1 aliphatic carbocycles. The van der Waals surface area contributed by atoms with Crippen LogP contribution in [0.3, 0.4) is 0 Å². The van der Waals surface area contributed by atoms with E-state index < -0.39 is 18.5 Å². The van der Waals surface area contributed by atoms with Crippen molar-refractivity contribution < 1.29 is 23.9 Å². The largest absolute Gasteiger partial charge is 0.456 e. The normalized spacial score (nSPS) is 21.9. The SMILES string of the molecule is CC[C@H](C)c1ccc(NC(=O)COC(=O)CCN2C(=O)[C@H]3CCCC[C@H]3C2=O)cc1. The summed E-state index contributed by atoms with van der Waals surface area (Å²) in [7, 11) is 0. The Kier molecular flexibility index (Phi) is 7.24. The number of rotatable bonds is 8. The maximum atomic E-state index is 12.4. The van der Waals surface area contributed by atoms with Crippen LogP contribution in [0.5, 0.6) is 0 Å². The van der Waals surface area contributed by atoms with Crippen LogP contribution >= 0.6 is 0 Å². The molecule has 1 aromatic rings. The van der Waals surface area contributed by atoms with E-state index in [4.69, 9.17) is 4.74 Å². The minimum Gasteiger partial charge on any atom is -0.456 e. The molecule has 7 heteroatoms. The summed E-state index contributed by atoms with van der Waals surface area (Å²) in [5.41, 5.74) is 1.84. The van der Waals surface area contributed by atoms with Crippen LogP contribution in [0.25, 0.3) is 0 Å². The fourth-order valence-electron chi connectivity index (χ4n) is 4.20. The summed E-state index contributed by atoms with van der Waals surface area (Å²) in [5, 5.41) is 2.69. The maximum Gasteiger partial charge on any atom is 0.308 e. The summed E-state index contributed by atoms with van der Waals surface area (Å²) in [5.74, 6) is -1.37. The molecule has 2 fully saturated rings. The Morgan fingerprint density at radius 3 is 2.27 bits per heavy atom. The maximum absolute atomic E-state index is 12.4. The molecule has 1 heterocycles. The van der Waals surface area contributed by atoms with Gasteiger partial charge in [-0.15, -0.1) is 0 Å². The molecule has 1 saturated heterocycles. The van der Waals surface area contributed by atoms with Crippen molar-refractivity contribution in [3.05, 3.63) is 29.8 Å². The summed E-state index contributed by atoms with van der Waals surface area (Å²) < 4.78 is 5.00. The Bertz CT molecular complexity index is 780. The van der Waals surface area contributed by atoms with Crippen LogP contribution in [-0.2, 0) is 23.9 Å². The van der Waals surface area contributed by atoms with Gasteiger partial charge in [0.05, 0.1) is 18.3 Å². The third-order valence-corrected chi connectivity index (χ3v) is 6.21. The third kappa shape index (κ3) is 5.07. The number of hydrogen-bond donors (Lipinski definition) is 1. The lowest BCUT2D eigenvalue weighted by atomic mass is 9.81. The number of likely N-dealkylation sites (tertiary alicyclic amines) is 1.